The standard InChI is InChI=1S/C47H39IN2/c1-2-15-39-29-40(35-20-11-5-12-21-35)31-45(47(39)36-22-13-6-14-23-36)50(44-27-25-38(30-42(44)48)34-18-9-4-10-19-34)46-32-41-28-37(24-26-43(41)49-46)33-16-7-3-8-17-33/h2-5,7-13,16,18-31,33H,1,6,14-15,17,32H2. The van der Waals surface area contributed by atoms with Gasteiger partial charge in [-0.1, -0.05) is 134 Å². The molecule has 0 radical (unpaired) electrons. The molecule has 5 aromatic rings. The lowest BCUT2D eigenvalue weighted by atomic mass is 9.88. The van der Waals surface area contributed by atoms with Crippen molar-refractivity contribution in [3.05, 3.63) is 190 Å². The summed E-state index contributed by atoms with van der Waals surface area (Å²) in [5, 5.41) is 0. The van der Waals surface area contributed by atoms with Crippen LogP contribution in [0.2, 0.25) is 0 Å². The van der Waals surface area contributed by atoms with Crippen LogP contribution in [0.4, 0.5) is 17.1 Å². The molecule has 0 amide bonds. The van der Waals surface area contributed by atoms with Crippen molar-refractivity contribution in [2.45, 2.75) is 38.0 Å². The van der Waals surface area contributed by atoms with Gasteiger partial charge in [0.2, 0.25) is 0 Å². The van der Waals surface area contributed by atoms with Crippen molar-refractivity contribution in [3.8, 4) is 22.3 Å². The predicted molar refractivity (Wildman–Crippen MR) is 222 cm³/mol. The Bertz CT molecular complexity index is 2220. The van der Waals surface area contributed by atoms with Crippen molar-refractivity contribution >= 4 is 51.1 Å². The number of benzene rings is 5. The second-order valence-corrected chi connectivity index (χ2v) is 14.3. The number of aliphatic imine (C=N–C) groups is 1. The van der Waals surface area contributed by atoms with E-state index in [0.29, 0.717) is 5.92 Å². The molecule has 0 saturated carbocycles. The Morgan fingerprint density at radius 3 is 2.26 bits per heavy atom. The summed E-state index contributed by atoms with van der Waals surface area (Å²) in [5.74, 6) is 1.44. The zero-order valence-electron chi connectivity index (χ0n) is 28.1. The van der Waals surface area contributed by atoms with Crippen molar-refractivity contribution in [2.24, 2.45) is 4.99 Å². The van der Waals surface area contributed by atoms with Gasteiger partial charge in [-0.05, 0) is 117 Å². The molecule has 1 atom stereocenters. The molecule has 8 rings (SSSR count). The molecule has 5 aromatic carbocycles. The van der Waals surface area contributed by atoms with Crippen LogP contribution in [0, 0.1) is 3.57 Å². The van der Waals surface area contributed by atoms with E-state index in [1.165, 1.54) is 53.7 Å². The minimum Gasteiger partial charge on any atom is -0.296 e. The quantitative estimate of drug-likeness (QED) is 0.114. The van der Waals surface area contributed by atoms with Gasteiger partial charge in [-0.3, -0.25) is 4.90 Å². The summed E-state index contributed by atoms with van der Waals surface area (Å²) in [5.41, 5.74) is 14.6. The Kier molecular flexibility index (Phi) is 9.32. The molecule has 0 fully saturated rings. The molecule has 3 aliphatic rings. The van der Waals surface area contributed by atoms with E-state index in [2.05, 4.69) is 186 Å². The normalized spacial score (nSPS) is 16.1. The molecular weight excluding hydrogens is 719 g/mol. The lowest BCUT2D eigenvalue weighted by Crippen LogP contribution is -2.28. The third-order valence-electron chi connectivity index (χ3n) is 9.86. The maximum atomic E-state index is 5.43. The fourth-order valence-electron chi connectivity index (χ4n) is 7.41. The molecule has 1 heterocycles. The lowest BCUT2D eigenvalue weighted by molar-refractivity contribution is 0.852. The van der Waals surface area contributed by atoms with E-state index in [1.807, 2.05) is 6.08 Å². The van der Waals surface area contributed by atoms with Crippen LogP contribution in [-0.4, -0.2) is 5.84 Å². The number of fused-ring (bicyclic) bond motifs is 1. The molecule has 2 aliphatic carbocycles. The molecule has 50 heavy (non-hydrogen) atoms. The molecule has 0 saturated heterocycles. The van der Waals surface area contributed by atoms with E-state index < -0.39 is 0 Å². The number of rotatable bonds is 8. The van der Waals surface area contributed by atoms with Gasteiger partial charge < -0.3 is 0 Å². The molecule has 1 aliphatic heterocycles. The summed E-state index contributed by atoms with van der Waals surface area (Å²) in [6.45, 7) is 4.20. The third kappa shape index (κ3) is 6.50. The first-order chi connectivity index (χ1) is 24.7. The van der Waals surface area contributed by atoms with Crippen LogP contribution >= 0.6 is 22.6 Å². The number of amidine groups is 1. The first kappa shape index (κ1) is 32.2. The summed E-state index contributed by atoms with van der Waals surface area (Å²) in [6.07, 6.45) is 22.6. The summed E-state index contributed by atoms with van der Waals surface area (Å²) >= 11 is 2.53. The Hall–Kier alpha value is -5.00. The second-order valence-electron chi connectivity index (χ2n) is 13.1. The van der Waals surface area contributed by atoms with Crippen molar-refractivity contribution < 1.29 is 0 Å². The van der Waals surface area contributed by atoms with Gasteiger partial charge in [0.1, 0.15) is 5.84 Å². The average Bonchev–Trinajstić information content (AvgIpc) is 3.60. The number of hydrogen-bond donors (Lipinski definition) is 0. The van der Waals surface area contributed by atoms with Gasteiger partial charge in [-0.15, -0.1) is 6.58 Å². The van der Waals surface area contributed by atoms with Crippen LogP contribution in [0.3, 0.4) is 0 Å². The Morgan fingerprint density at radius 2 is 1.56 bits per heavy atom. The average molecular weight is 759 g/mol. The van der Waals surface area contributed by atoms with Crippen molar-refractivity contribution in [1.29, 1.82) is 0 Å². The summed E-state index contributed by atoms with van der Waals surface area (Å²) in [7, 11) is 0. The Labute approximate surface area is 309 Å². The van der Waals surface area contributed by atoms with Crippen LogP contribution in [0.25, 0.3) is 27.8 Å². The van der Waals surface area contributed by atoms with E-state index in [-0.39, 0.29) is 0 Å². The Morgan fingerprint density at radius 1 is 0.760 bits per heavy atom. The van der Waals surface area contributed by atoms with Crippen molar-refractivity contribution in [3.63, 3.8) is 0 Å². The highest BCUT2D eigenvalue weighted by molar-refractivity contribution is 14.1. The summed E-state index contributed by atoms with van der Waals surface area (Å²) < 4.78 is 1.18. The minimum atomic E-state index is 0.401. The highest BCUT2D eigenvalue weighted by atomic mass is 127. The zero-order chi connectivity index (χ0) is 33.9. The van der Waals surface area contributed by atoms with Gasteiger partial charge in [0.05, 0.1) is 17.1 Å². The molecule has 1 unspecified atom stereocenters. The van der Waals surface area contributed by atoms with Crippen LogP contribution < -0.4 is 4.90 Å². The van der Waals surface area contributed by atoms with Crippen LogP contribution in [0.5, 0.6) is 0 Å². The fraction of sp³-hybridized carbons (Fsp3) is 0.128. The molecule has 3 heteroatoms. The minimum absolute atomic E-state index is 0.401. The van der Waals surface area contributed by atoms with Crippen LogP contribution in [0.15, 0.2) is 169 Å². The van der Waals surface area contributed by atoms with Gasteiger partial charge >= 0.3 is 0 Å². The van der Waals surface area contributed by atoms with Crippen LogP contribution in [-0.2, 0) is 12.8 Å². The second kappa shape index (κ2) is 14.5. The summed E-state index contributed by atoms with van der Waals surface area (Å²) in [6, 6.07) is 39.9. The largest absolute Gasteiger partial charge is 0.296 e. The van der Waals surface area contributed by atoms with Gasteiger partial charge in [0.15, 0.2) is 0 Å². The van der Waals surface area contributed by atoms with E-state index in [9.17, 15) is 0 Å². The number of halogens is 1. The highest BCUT2D eigenvalue weighted by Gasteiger charge is 2.29. The predicted octanol–water partition coefficient (Wildman–Crippen LogP) is 13.1. The van der Waals surface area contributed by atoms with Gasteiger partial charge in [-0.2, -0.15) is 0 Å². The molecule has 0 bridgehead atoms. The maximum absolute atomic E-state index is 5.43. The van der Waals surface area contributed by atoms with Crippen LogP contribution in [0.1, 0.15) is 47.4 Å². The SMILES string of the molecule is C=CCc1cc(-c2ccccc2)cc(N(C2=Nc3ccc(C4C=CC=CC4)cc3C2)c2ccc(-c3ccccc3)cc2I)c1C1=CCCC=C1. The highest BCUT2D eigenvalue weighted by Crippen LogP contribution is 2.45. The Balaban J connectivity index is 1.33. The van der Waals surface area contributed by atoms with Gasteiger partial charge in [-0.25, -0.2) is 4.99 Å². The molecule has 244 valence electrons. The molecule has 0 N–H and O–H groups in total. The molecular formula is C47H39IN2. The number of nitrogens with zero attached hydrogens (tertiary/aromatic N) is 2. The topological polar surface area (TPSA) is 15.6 Å². The molecule has 2 nitrogen and oxygen atoms in total. The third-order valence-corrected chi connectivity index (χ3v) is 10.7. The van der Waals surface area contributed by atoms with E-state index in [0.717, 1.165) is 55.0 Å². The van der Waals surface area contributed by atoms with Crippen molar-refractivity contribution in [2.75, 3.05) is 4.90 Å². The first-order valence-corrected chi connectivity index (χ1v) is 18.6. The van der Waals surface area contributed by atoms with E-state index in [1.54, 1.807) is 0 Å². The first-order valence-electron chi connectivity index (χ1n) is 17.6. The molecule has 0 aromatic heterocycles. The number of anilines is 2. The smallest absolute Gasteiger partial charge is 0.118 e. The molecule has 0 spiro atoms. The van der Waals surface area contributed by atoms with E-state index >= 15 is 0 Å². The number of allylic oxidation sites excluding steroid dienone is 9. The monoisotopic (exact) mass is 758 g/mol. The lowest BCUT2D eigenvalue weighted by Gasteiger charge is -2.31. The summed E-state index contributed by atoms with van der Waals surface area (Å²) in [4.78, 5) is 7.88. The zero-order valence-corrected chi connectivity index (χ0v) is 30.3. The van der Waals surface area contributed by atoms with Crippen molar-refractivity contribution in [1.82, 2.24) is 0 Å². The van der Waals surface area contributed by atoms with E-state index in [4.69, 9.17) is 4.99 Å². The fourth-order valence-corrected chi connectivity index (χ4v) is 8.16. The van der Waals surface area contributed by atoms with Gasteiger partial charge in [0, 0.05) is 21.5 Å². The van der Waals surface area contributed by atoms with Gasteiger partial charge in [0.25, 0.3) is 0 Å². The number of hydrogen-bond acceptors (Lipinski definition) is 2. The maximum Gasteiger partial charge on any atom is 0.118 e.